The van der Waals surface area contributed by atoms with Gasteiger partial charge in [-0.15, -0.1) is 0 Å². The van der Waals surface area contributed by atoms with E-state index in [0.717, 1.165) is 16.7 Å². The lowest BCUT2D eigenvalue weighted by molar-refractivity contribution is -0.150. The van der Waals surface area contributed by atoms with Gasteiger partial charge in [0.05, 0.1) is 32.7 Å². The van der Waals surface area contributed by atoms with E-state index in [-0.39, 0.29) is 9.23 Å². The number of carbonyl (C=O) groups is 3. The van der Waals surface area contributed by atoms with E-state index < -0.39 is 30.3 Å². The van der Waals surface area contributed by atoms with Gasteiger partial charge in [-0.25, -0.2) is 4.79 Å². The summed E-state index contributed by atoms with van der Waals surface area (Å²) in [7, 11) is 4.35. The van der Waals surface area contributed by atoms with Crippen LogP contribution in [0, 0.1) is 0 Å². The Balaban J connectivity index is 2.43. The summed E-state index contributed by atoms with van der Waals surface area (Å²) in [5.74, 6) is -2.36. The monoisotopic (exact) mass is 427 g/mol. The Morgan fingerprint density at radius 2 is 1.75 bits per heavy atom. The highest BCUT2D eigenvalue weighted by Crippen LogP contribution is 2.40. The van der Waals surface area contributed by atoms with Gasteiger partial charge in [0.2, 0.25) is 5.75 Å². The number of thioether (sulfide) groups is 1. The van der Waals surface area contributed by atoms with Gasteiger partial charge >= 0.3 is 11.9 Å². The van der Waals surface area contributed by atoms with Crippen molar-refractivity contribution in [2.75, 3.05) is 21.3 Å². The van der Waals surface area contributed by atoms with Crippen LogP contribution in [0.1, 0.15) is 12.0 Å². The number of thiocarbonyl (C=S) groups is 1. The van der Waals surface area contributed by atoms with Crippen LogP contribution in [0.4, 0.5) is 0 Å². The van der Waals surface area contributed by atoms with Crippen LogP contribution in [0.5, 0.6) is 17.2 Å². The summed E-state index contributed by atoms with van der Waals surface area (Å²) in [6.45, 7) is 0. The molecule has 1 atom stereocenters. The maximum atomic E-state index is 12.7. The molecular formula is C17H17NO8S2. The average molecular weight is 427 g/mol. The fourth-order valence-electron chi connectivity index (χ4n) is 2.54. The molecule has 0 saturated carbocycles. The van der Waals surface area contributed by atoms with Crippen LogP contribution in [0.2, 0.25) is 0 Å². The summed E-state index contributed by atoms with van der Waals surface area (Å²) >= 11 is 5.98. The highest BCUT2D eigenvalue weighted by molar-refractivity contribution is 8.26. The molecule has 0 aromatic heterocycles. The minimum atomic E-state index is -1.59. The number of methoxy groups -OCH3 is 3. The van der Waals surface area contributed by atoms with Gasteiger partial charge in [-0.3, -0.25) is 14.5 Å². The molecule has 9 nitrogen and oxygen atoms in total. The number of benzene rings is 1. The lowest BCUT2D eigenvalue weighted by Gasteiger charge is -2.21. The van der Waals surface area contributed by atoms with Gasteiger partial charge in [-0.05, 0) is 23.8 Å². The molecule has 1 unspecified atom stereocenters. The number of hydrogen-bond donors (Lipinski definition) is 2. The summed E-state index contributed by atoms with van der Waals surface area (Å²) in [5.41, 5.74) is 0.528. The first kappa shape index (κ1) is 21.5. The first-order valence-electron chi connectivity index (χ1n) is 7.75. The smallest absolute Gasteiger partial charge is 0.327 e. The molecule has 28 heavy (non-hydrogen) atoms. The number of carboxylic acid groups (broad SMARTS) is 2. The molecule has 0 spiro atoms. The van der Waals surface area contributed by atoms with Crippen LogP contribution in [-0.4, -0.2) is 64.7 Å². The fraction of sp³-hybridized carbons (Fsp3) is 0.294. The van der Waals surface area contributed by atoms with E-state index in [2.05, 4.69) is 0 Å². The molecule has 11 heteroatoms. The number of amides is 1. The van der Waals surface area contributed by atoms with Gasteiger partial charge in [-0.1, -0.05) is 24.0 Å². The molecule has 1 fully saturated rings. The average Bonchev–Trinajstić information content (AvgIpc) is 2.91. The zero-order valence-corrected chi connectivity index (χ0v) is 16.8. The Bertz CT molecular complexity index is 842. The van der Waals surface area contributed by atoms with E-state index in [1.54, 1.807) is 12.1 Å². The van der Waals surface area contributed by atoms with E-state index in [0.29, 0.717) is 22.8 Å². The lowest BCUT2D eigenvalue weighted by atomic mass is 10.1. The van der Waals surface area contributed by atoms with Gasteiger partial charge in [0, 0.05) is 0 Å². The standard InChI is InChI=1S/C17H17NO8S2/c1-24-10-4-8(5-11(25-2)14(10)26-3)6-12-15(21)18(17(27)28-12)9(16(22)23)7-13(19)20/h4-6,9H,7H2,1-3H3,(H,19,20)(H,22,23). The maximum absolute atomic E-state index is 12.7. The van der Waals surface area contributed by atoms with Crippen LogP contribution in [0.25, 0.3) is 6.08 Å². The third-order valence-corrected chi connectivity index (χ3v) is 5.10. The van der Waals surface area contributed by atoms with E-state index in [1.165, 1.54) is 27.4 Å². The Hall–Kier alpha value is -2.79. The maximum Gasteiger partial charge on any atom is 0.327 e. The Labute approximate surface area is 169 Å². The van der Waals surface area contributed by atoms with Gasteiger partial charge in [0.15, 0.2) is 11.5 Å². The Morgan fingerprint density at radius 3 is 2.18 bits per heavy atom. The molecule has 1 aromatic carbocycles. The van der Waals surface area contributed by atoms with Crippen molar-refractivity contribution in [3.05, 3.63) is 22.6 Å². The van der Waals surface area contributed by atoms with Crippen LogP contribution in [0.15, 0.2) is 17.0 Å². The number of ether oxygens (including phenoxy) is 3. The van der Waals surface area contributed by atoms with Crippen molar-refractivity contribution >= 4 is 52.2 Å². The highest BCUT2D eigenvalue weighted by atomic mass is 32.2. The zero-order chi connectivity index (χ0) is 21.0. The van der Waals surface area contributed by atoms with E-state index in [1.807, 2.05) is 0 Å². The van der Waals surface area contributed by atoms with Crippen LogP contribution in [0.3, 0.4) is 0 Å². The molecule has 0 bridgehead atoms. The van der Waals surface area contributed by atoms with Crippen LogP contribution in [-0.2, 0) is 14.4 Å². The second-order valence-electron chi connectivity index (χ2n) is 5.46. The zero-order valence-electron chi connectivity index (χ0n) is 15.1. The summed E-state index contributed by atoms with van der Waals surface area (Å²) in [6, 6.07) is 1.63. The first-order chi connectivity index (χ1) is 13.2. The van der Waals surface area contributed by atoms with Crippen molar-refractivity contribution in [1.82, 2.24) is 4.90 Å². The number of nitrogens with zero attached hydrogens (tertiary/aromatic N) is 1. The Morgan fingerprint density at radius 1 is 1.18 bits per heavy atom. The van der Waals surface area contributed by atoms with Gasteiger partial charge in [0.1, 0.15) is 10.4 Å². The summed E-state index contributed by atoms with van der Waals surface area (Å²) < 4.78 is 15.7. The van der Waals surface area contributed by atoms with Gasteiger partial charge < -0.3 is 24.4 Å². The van der Waals surface area contributed by atoms with Crippen molar-refractivity contribution in [2.45, 2.75) is 12.5 Å². The van der Waals surface area contributed by atoms with Crippen LogP contribution < -0.4 is 14.2 Å². The second kappa shape index (κ2) is 8.93. The Kier molecular flexibility index (Phi) is 6.86. The predicted molar refractivity (Wildman–Crippen MR) is 105 cm³/mol. The quantitative estimate of drug-likeness (QED) is 0.469. The normalized spacial score (nSPS) is 16.2. The molecule has 2 rings (SSSR count). The van der Waals surface area contributed by atoms with E-state index in [4.69, 9.17) is 31.5 Å². The van der Waals surface area contributed by atoms with E-state index >= 15 is 0 Å². The van der Waals surface area contributed by atoms with Crippen molar-refractivity contribution in [1.29, 1.82) is 0 Å². The first-order valence-corrected chi connectivity index (χ1v) is 8.97. The molecule has 1 aliphatic rings. The van der Waals surface area contributed by atoms with Crippen molar-refractivity contribution < 1.29 is 38.8 Å². The summed E-state index contributed by atoms with van der Waals surface area (Å²) in [5, 5.41) is 18.2. The molecule has 1 heterocycles. The lowest BCUT2D eigenvalue weighted by Crippen LogP contribution is -2.45. The van der Waals surface area contributed by atoms with Crippen molar-refractivity contribution in [2.24, 2.45) is 0 Å². The minimum absolute atomic E-state index is 0.0302. The molecule has 1 aromatic rings. The molecule has 1 aliphatic heterocycles. The SMILES string of the molecule is COc1cc(C=C2SC(=S)N(C(CC(=O)O)C(=O)O)C2=O)cc(OC)c1OC. The number of hydrogen-bond acceptors (Lipinski definition) is 8. The molecule has 0 aliphatic carbocycles. The van der Waals surface area contributed by atoms with Gasteiger partial charge in [-0.2, -0.15) is 0 Å². The minimum Gasteiger partial charge on any atom is -0.493 e. The van der Waals surface area contributed by atoms with Crippen LogP contribution >= 0.6 is 24.0 Å². The van der Waals surface area contributed by atoms with E-state index in [9.17, 15) is 19.5 Å². The number of rotatable bonds is 8. The molecule has 2 N–H and O–H groups in total. The summed E-state index contributed by atoms with van der Waals surface area (Å²) in [6.07, 6.45) is 0.725. The molecule has 1 amide bonds. The topological polar surface area (TPSA) is 123 Å². The second-order valence-corrected chi connectivity index (χ2v) is 7.14. The molecule has 150 valence electrons. The number of aliphatic carboxylic acids is 2. The molecule has 0 radical (unpaired) electrons. The number of carboxylic acids is 2. The van der Waals surface area contributed by atoms with Crippen molar-refractivity contribution in [3.8, 4) is 17.2 Å². The summed E-state index contributed by atoms with van der Waals surface area (Å²) in [4.78, 5) is 36.0. The van der Waals surface area contributed by atoms with Crippen molar-refractivity contribution in [3.63, 3.8) is 0 Å². The molecular weight excluding hydrogens is 410 g/mol. The molecule has 1 saturated heterocycles. The third-order valence-electron chi connectivity index (χ3n) is 3.77. The largest absolute Gasteiger partial charge is 0.493 e. The van der Waals surface area contributed by atoms with Gasteiger partial charge in [0.25, 0.3) is 5.91 Å². The number of carbonyl (C=O) groups excluding carboxylic acids is 1. The predicted octanol–water partition coefficient (Wildman–Crippen LogP) is 1.84. The fourth-order valence-corrected chi connectivity index (χ4v) is 3.90. The highest BCUT2D eigenvalue weighted by Gasteiger charge is 2.41. The third kappa shape index (κ3) is 4.37.